The van der Waals surface area contributed by atoms with Crippen molar-refractivity contribution in [2.45, 2.75) is 19.1 Å². The van der Waals surface area contributed by atoms with Gasteiger partial charge in [0.2, 0.25) is 0 Å². The highest BCUT2D eigenvalue weighted by Crippen LogP contribution is 2.24. The summed E-state index contributed by atoms with van der Waals surface area (Å²) in [6, 6.07) is 2.32. The summed E-state index contributed by atoms with van der Waals surface area (Å²) in [6.45, 7) is 1.02. The first kappa shape index (κ1) is 8.47. The van der Waals surface area contributed by atoms with Crippen LogP contribution in [-0.2, 0) is 6.61 Å². The topological polar surface area (TPSA) is 71.2 Å². The number of nitrogen functional groups attached to an aromatic ring is 1. The molecular formula is C9H13N3O. The molecule has 1 aromatic rings. The van der Waals surface area contributed by atoms with E-state index >= 15 is 0 Å². The Morgan fingerprint density at radius 1 is 1.69 bits per heavy atom. The van der Waals surface area contributed by atoms with Crippen molar-refractivity contribution in [1.29, 1.82) is 0 Å². The van der Waals surface area contributed by atoms with Gasteiger partial charge in [-0.3, -0.25) is 0 Å². The van der Waals surface area contributed by atoms with Crippen LogP contribution in [-0.4, -0.2) is 16.6 Å². The molecule has 1 atom stereocenters. The van der Waals surface area contributed by atoms with Crippen LogP contribution in [0.4, 0.5) is 5.82 Å². The fourth-order valence-electron chi connectivity index (χ4n) is 1.43. The van der Waals surface area contributed by atoms with Crippen molar-refractivity contribution in [2.24, 2.45) is 0 Å². The van der Waals surface area contributed by atoms with E-state index in [9.17, 15) is 0 Å². The van der Waals surface area contributed by atoms with Gasteiger partial charge in [0.15, 0.2) is 0 Å². The van der Waals surface area contributed by atoms with Gasteiger partial charge in [0.05, 0.1) is 6.61 Å². The Morgan fingerprint density at radius 2 is 2.46 bits per heavy atom. The lowest BCUT2D eigenvalue weighted by atomic mass is 9.98. The van der Waals surface area contributed by atoms with E-state index in [1.807, 2.05) is 6.07 Å². The molecule has 4 nitrogen and oxygen atoms in total. The van der Waals surface area contributed by atoms with Crippen LogP contribution in [0.3, 0.4) is 0 Å². The Kier molecular flexibility index (Phi) is 2.16. The number of nitrogens with one attached hydrogen (secondary N) is 1. The van der Waals surface area contributed by atoms with Gasteiger partial charge in [0, 0.05) is 17.8 Å². The second-order valence-electron chi connectivity index (χ2n) is 3.27. The van der Waals surface area contributed by atoms with Gasteiger partial charge in [-0.15, -0.1) is 0 Å². The maximum absolute atomic E-state index is 8.97. The summed E-state index contributed by atoms with van der Waals surface area (Å²) in [5, 5.41) is 12.2. The Labute approximate surface area is 76.8 Å². The Morgan fingerprint density at radius 3 is 3.00 bits per heavy atom. The van der Waals surface area contributed by atoms with E-state index in [0.717, 1.165) is 18.5 Å². The zero-order valence-electron chi connectivity index (χ0n) is 7.33. The summed E-state index contributed by atoms with van der Waals surface area (Å²) in [5.41, 5.74) is 7.40. The number of aliphatic hydroxyl groups excluding tert-OH is 1. The molecule has 2 rings (SSSR count). The lowest BCUT2D eigenvalue weighted by molar-refractivity contribution is 0.281. The minimum Gasteiger partial charge on any atom is -0.392 e. The predicted octanol–water partition coefficient (Wildman–Crippen LogP) is 0.191. The predicted molar refractivity (Wildman–Crippen MR) is 49.9 cm³/mol. The SMILES string of the molecule is Nc1ncc([C@@H]2CCN2)cc1CO. The van der Waals surface area contributed by atoms with Crippen LogP contribution in [0.1, 0.15) is 23.6 Å². The average molecular weight is 179 g/mol. The highest BCUT2D eigenvalue weighted by Gasteiger charge is 2.19. The molecule has 1 aromatic heterocycles. The van der Waals surface area contributed by atoms with Gasteiger partial charge in [0.1, 0.15) is 5.82 Å². The van der Waals surface area contributed by atoms with Crippen molar-refractivity contribution < 1.29 is 5.11 Å². The lowest BCUT2D eigenvalue weighted by Crippen LogP contribution is -2.35. The molecular weight excluding hydrogens is 166 g/mol. The second-order valence-corrected chi connectivity index (χ2v) is 3.27. The molecule has 1 aliphatic heterocycles. The minimum absolute atomic E-state index is 0.0423. The molecule has 1 saturated heterocycles. The van der Waals surface area contributed by atoms with Crippen LogP contribution >= 0.6 is 0 Å². The summed E-state index contributed by atoms with van der Waals surface area (Å²) in [4.78, 5) is 4.03. The van der Waals surface area contributed by atoms with E-state index in [1.165, 1.54) is 0 Å². The maximum Gasteiger partial charge on any atom is 0.128 e. The molecule has 2 heterocycles. The average Bonchev–Trinajstić information content (AvgIpc) is 2.05. The van der Waals surface area contributed by atoms with Gasteiger partial charge < -0.3 is 16.2 Å². The highest BCUT2D eigenvalue weighted by atomic mass is 16.3. The fourth-order valence-corrected chi connectivity index (χ4v) is 1.43. The second kappa shape index (κ2) is 3.32. The van der Waals surface area contributed by atoms with Crippen molar-refractivity contribution in [3.05, 3.63) is 23.4 Å². The third kappa shape index (κ3) is 1.50. The summed E-state index contributed by atoms with van der Waals surface area (Å²) in [6.07, 6.45) is 2.90. The molecule has 0 spiro atoms. The molecule has 0 unspecified atom stereocenters. The van der Waals surface area contributed by atoms with Crippen molar-refractivity contribution in [3.8, 4) is 0 Å². The maximum atomic E-state index is 8.97. The van der Waals surface area contributed by atoms with Crippen LogP contribution in [0.15, 0.2) is 12.3 Å². The zero-order valence-corrected chi connectivity index (χ0v) is 7.33. The van der Waals surface area contributed by atoms with E-state index < -0.39 is 0 Å². The summed E-state index contributed by atoms with van der Waals surface area (Å²) < 4.78 is 0. The molecule has 0 amide bonds. The molecule has 0 aromatic carbocycles. The first-order chi connectivity index (χ1) is 6.31. The third-order valence-corrected chi connectivity index (χ3v) is 2.42. The first-order valence-electron chi connectivity index (χ1n) is 4.40. The number of hydrogen-bond acceptors (Lipinski definition) is 4. The van der Waals surface area contributed by atoms with Gasteiger partial charge in [-0.05, 0) is 24.6 Å². The van der Waals surface area contributed by atoms with Crippen molar-refractivity contribution in [2.75, 3.05) is 12.3 Å². The zero-order chi connectivity index (χ0) is 9.26. The summed E-state index contributed by atoms with van der Waals surface area (Å²) in [7, 11) is 0. The molecule has 0 bridgehead atoms. The van der Waals surface area contributed by atoms with Crippen LogP contribution in [0.5, 0.6) is 0 Å². The normalized spacial score (nSPS) is 21.2. The standard InChI is InChI=1S/C9H13N3O/c10-9-7(5-13)3-6(4-12-9)8-1-2-11-8/h3-4,8,11,13H,1-2,5H2,(H2,10,12)/t8-/m0/s1. The monoisotopic (exact) mass is 179 g/mol. The lowest BCUT2D eigenvalue weighted by Gasteiger charge is -2.28. The number of hydrogen-bond donors (Lipinski definition) is 3. The number of rotatable bonds is 2. The molecule has 4 N–H and O–H groups in total. The summed E-state index contributed by atoms with van der Waals surface area (Å²) in [5.74, 6) is 0.422. The highest BCUT2D eigenvalue weighted by molar-refractivity contribution is 5.41. The summed E-state index contributed by atoms with van der Waals surface area (Å²) >= 11 is 0. The molecule has 13 heavy (non-hydrogen) atoms. The van der Waals surface area contributed by atoms with E-state index in [4.69, 9.17) is 10.8 Å². The smallest absolute Gasteiger partial charge is 0.128 e. The molecule has 4 heteroatoms. The van der Waals surface area contributed by atoms with Crippen molar-refractivity contribution in [1.82, 2.24) is 10.3 Å². The molecule has 1 aliphatic rings. The molecule has 1 fully saturated rings. The van der Waals surface area contributed by atoms with Crippen LogP contribution in [0.2, 0.25) is 0 Å². The molecule has 0 radical (unpaired) electrons. The van der Waals surface area contributed by atoms with Gasteiger partial charge in [0.25, 0.3) is 0 Å². The number of anilines is 1. The number of pyridine rings is 1. The van der Waals surface area contributed by atoms with Crippen LogP contribution < -0.4 is 11.1 Å². The number of nitrogens with zero attached hydrogens (tertiary/aromatic N) is 1. The molecule has 0 aliphatic carbocycles. The Hall–Kier alpha value is -1.13. The molecule has 0 saturated carbocycles. The minimum atomic E-state index is -0.0423. The molecule has 70 valence electrons. The van der Waals surface area contributed by atoms with Crippen LogP contribution in [0, 0.1) is 0 Å². The van der Waals surface area contributed by atoms with Crippen LogP contribution in [0.25, 0.3) is 0 Å². The Balaban J connectivity index is 2.26. The fraction of sp³-hybridized carbons (Fsp3) is 0.444. The van der Waals surface area contributed by atoms with E-state index in [1.54, 1.807) is 6.20 Å². The van der Waals surface area contributed by atoms with Gasteiger partial charge in [-0.25, -0.2) is 4.98 Å². The van der Waals surface area contributed by atoms with E-state index in [-0.39, 0.29) is 6.61 Å². The van der Waals surface area contributed by atoms with E-state index in [2.05, 4.69) is 10.3 Å². The number of aliphatic hydroxyl groups is 1. The van der Waals surface area contributed by atoms with Crippen molar-refractivity contribution in [3.63, 3.8) is 0 Å². The quantitative estimate of drug-likeness (QED) is 0.606. The third-order valence-electron chi connectivity index (χ3n) is 2.42. The number of nitrogens with two attached hydrogens (primary N) is 1. The van der Waals surface area contributed by atoms with Gasteiger partial charge in [-0.1, -0.05) is 0 Å². The largest absolute Gasteiger partial charge is 0.392 e. The van der Waals surface area contributed by atoms with E-state index in [0.29, 0.717) is 17.4 Å². The first-order valence-corrected chi connectivity index (χ1v) is 4.40. The Bertz CT molecular complexity index is 310. The van der Waals surface area contributed by atoms with Crippen molar-refractivity contribution >= 4 is 5.82 Å². The van der Waals surface area contributed by atoms with Gasteiger partial charge >= 0.3 is 0 Å². The number of aromatic nitrogens is 1. The van der Waals surface area contributed by atoms with Gasteiger partial charge in [-0.2, -0.15) is 0 Å².